The first-order valence-electron chi connectivity index (χ1n) is 8.53. The van der Waals surface area contributed by atoms with E-state index < -0.39 is 0 Å². The number of aryl methyl sites for hydroxylation is 1. The average molecular weight is 394 g/mol. The van der Waals surface area contributed by atoms with Crippen LogP contribution in [0.2, 0.25) is 0 Å². The molecule has 0 spiro atoms. The molecule has 4 nitrogen and oxygen atoms in total. The second-order valence-corrected chi connectivity index (χ2v) is 7.90. The van der Waals surface area contributed by atoms with Crippen LogP contribution in [0.5, 0.6) is 0 Å². The van der Waals surface area contributed by atoms with Gasteiger partial charge in [0.15, 0.2) is 0 Å². The van der Waals surface area contributed by atoms with Gasteiger partial charge in [-0.2, -0.15) is 0 Å². The van der Waals surface area contributed by atoms with Crippen molar-refractivity contribution in [3.63, 3.8) is 0 Å². The maximum Gasteiger partial charge on any atom is 0.221 e. The standard InChI is InChI=1S/C17H27N3OS.2ClH/c1-12(14-4-8-18-9-5-14)10-15(21)20-17(6-3-7-17)16-19-13(2)11-22-16;;/h11-12,14,18H,3-10H2,1-2H3,(H,20,21);2*1H. The zero-order chi connectivity index (χ0) is 15.6. The smallest absolute Gasteiger partial charge is 0.221 e. The second kappa shape index (κ2) is 9.37. The molecule has 2 heterocycles. The number of hydrogen-bond acceptors (Lipinski definition) is 4. The first kappa shape index (κ1) is 21.7. The van der Waals surface area contributed by atoms with Gasteiger partial charge >= 0.3 is 0 Å². The third-order valence-electron chi connectivity index (χ3n) is 5.31. The Balaban J connectivity index is 0.00000144. The first-order valence-corrected chi connectivity index (χ1v) is 9.41. The van der Waals surface area contributed by atoms with E-state index in [9.17, 15) is 4.79 Å². The van der Waals surface area contributed by atoms with Crippen LogP contribution >= 0.6 is 36.2 Å². The Hall–Kier alpha value is -0.360. The highest BCUT2D eigenvalue weighted by Gasteiger charge is 2.42. The summed E-state index contributed by atoms with van der Waals surface area (Å²) in [7, 11) is 0. The van der Waals surface area contributed by atoms with E-state index in [2.05, 4.69) is 27.9 Å². The Morgan fingerprint density at radius 1 is 1.42 bits per heavy atom. The molecule has 2 aliphatic rings. The average Bonchev–Trinajstić information content (AvgIpc) is 2.90. The SMILES string of the molecule is Cc1csc(C2(NC(=O)CC(C)C3CCNCC3)CCC2)n1.Cl.Cl. The molecular formula is C17H29Cl2N3OS. The largest absolute Gasteiger partial charge is 0.344 e. The summed E-state index contributed by atoms with van der Waals surface area (Å²) in [4.78, 5) is 17.2. The molecule has 138 valence electrons. The maximum atomic E-state index is 12.5. The van der Waals surface area contributed by atoms with Crippen LogP contribution in [-0.4, -0.2) is 24.0 Å². The molecule has 0 radical (unpaired) electrons. The maximum absolute atomic E-state index is 12.5. The van der Waals surface area contributed by atoms with Crippen molar-refractivity contribution in [3.05, 3.63) is 16.1 Å². The van der Waals surface area contributed by atoms with Crippen LogP contribution in [0.15, 0.2) is 5.38 Å². The Bertz CT molecular complexity index is 528. The van der Waals surface area contributed by atoms with E-state index in [-0.39, 0.29) is 36.3 Å². The summed E-state index contributed by atoms with van der Waals surface area (Å²) in [5, 5.41) is 9.90. The normalized spacial score (nSPS) is 20.9. The van der Waals surface area contributed by atoms with Gasteiger partial charge in [0.05, 0.1) is 5.54 Å². The van der Waals surface area contributed by atoms with E-state index in [1.807, 2.05) is 6.92 Å². The summed E-state index contributed by atoms with van der Waals surface area (Å²) < 4.78 is 0. The molecule has 7 heteroatoms. The van der Waals surface area contributed by atoms with Crippen molar-refractivity contribution in [3.8, 4) is 0 Å². The highest BCUT2D eigenvalue weighted by Crippen LogP contribution is 2.42. The van der Waals surface area contributed by atoms with Crippen molar-refractivity contribution in [2.45, 2.75) is 57.9 Å². The summed E-state index contributed by atoms with van der Waals surface area (Å²) >= 11 is 1.69. The van der Waals surface area contributed by atoms with E-state index in [0.717, 1.165) is 36.6 Å². The molecule has 2 fully saturated rings. The van der Waals surface area contributed by atoms with E-state index in [1.54, 1.807) is 11.3 Å². The van der Waals surface area contributed by atoms with Crippen molar-refractivity contribution >= 4 is 42.1 Å². The lowest BCUT2D eigenvalue weighted by molar-refractivity contribution is -0.125. The van der Waals surface area contributed by atoms with Crippen LogP contribution in [-0.2, 0) is 10.3 Å². The summed E-state index contributed by atoms with van der Waals surface area (Å²) in [6.45, 7) is 6.45. The van der Waals surface area contributed by atoms with Gasteiger partial charge in [-0.25, -0.2) is 4.98 Å². The van der Waals surface area contributed by atoms with Crippen molar-refractivity contribution in [1.82, 2.24) is 15.6 Å². The fraction of sp³-hybridized carbons (Fsp3) is 0.765. The van der Waals surface area contributed by atoms with Crippen LogP contribution in [0.1, 0.15) is 56.2 Å². The lowest BCUT2D eigenvalue weighted by atomic mass is 9.76. The summed E-state index contributed by atoms with van der Waals surface area (Å²) in [5.74, 6) is 1.36. The number of rotatable bonds is 5. The van der Waals surface area contributed by atoms with E-state index in [0.29, 0.717) is 18.3 Å². The van der Waals surface area contributed by atoms with Gasteiger partial charge < -0.3 is 10.6 Å². The molecule has 1 saturated heterocycles. The molecule has 0 bridgehead atoms. The predicted octanol–water partition coefficient (Wildman–Crippen LogP) is 3.82. The van der Waals surface area contributed by atoms with Crippen LogP contribution in [0, 0.1) is 18.8 Å². The number of aromatic nitrogens is 1. The third-order valence-corrected chi connectivity index (χ3v) is 6.47. The van der Waals surface area contributed by atoms with Gasteiger partial charge in [-0.1, -0.05) is 6.92 Å². The molecule has 1 aromatic rings. The Kier molecular flexibility index (Phi) is 8.46. The van der Waals surface area contributed by atoms with E-state index >= 15 is 0 Å². The first-order chi connectivity index (χ1) is 10.6. The number of amides is 1. The second-order valence-electron chi connectivity index (χ2n) is 7.05. The minimum absolute atomic E-state index is 0. The molecule has 1 saturated carbocycles. The van der Waals surface area contributed by atoms with Crippen LogP contribution in [0.3, 0.4) is 0 Å². The van der Waals surface area contributed by atoms with Gasteiger partial charge in [-0.05, 0) is 64.0 Å². The number of piperidine rings is 1. The number of nitrogens with zero attached hydrogens (tertiary/aromatic N) is 1. The minimum Gasteiger partial charge on any atom is -0.344 e. The highest BCUT2D eigenvalue weighted by atomic mass is 35.5. The molecule has 1 atom stereocenters. The molecule has 1 unspecified atom stereocenters. The molecule has 1 aliphatic heterocycles. The number of carbonyl (C=O) groups excluding carboxylic acids is 1. The van der Waals surface area contributed by atoms with Gasteiger partial charge in [0.1, 0.15) is 5.01 Å². The van der Waals surface area contributed by atoms with Crippen molar-refractivity contribution in [2.75, 3.05) is 13.1 Å². The topological polar surface area (TPSA) is 54.0 Å². The monoisotopic (exact) mass is 393 g/mol. The van der Waals surface area contributed by atoms with Crippen LogP contribution in [0.25, 0.3) is 0 Å². The Labute approximate surface area is 161 Å². The number of nitrogens with one attached hydrogen (secondary N) is 2. The Morgan fingerprint density at radius 3 is 2.58 bits per heavy atom. The lowest BCUT2D eigenvalue weighted by Crippen LogP contribution is -2.51. The lowest BCUT2D eigenvalue weighted by Gasteiger charge is -2.41. The molecule has 1 amide bonds. The number of thiazole rings is 1. The molecule has 3 rings (SSSR count). The van der Waals surface area contributed by atoms with Crippen LogP contribution < -0.4 is 10.6 Å². The fourth-order valence-corrected chi connectivity index (χ4v) is 4.70. The quantitative estimate of drug-likeness (QED) is 0.799. The summed E-state index contributed by atoms with van der Waals surface area (Å²) in [6, 6.07) is 0. The van der Waals surface area contributed by atoms with Crippen molar-refractivity contribution < 1.29 is 4.79 Å². The molecular weight excluding hydrogens is 365 g/mol. The molecule has 2 N–H and O–H groups in total. The van der Waals surface area contributed by atoms with Gasteiger partial charge in [-0.15, -0.1) is 36.2 Å². The minimum atomic E-state index is -0.163. The molecule has 0 aromatic carbocycles. The van der Waals surface area contributed by atoms with E-state index in [1.165, 1.54) is 19.3 Å². The van der Waals surface area contributed by atoms with Gasteiger partial charge in [0.25, 0.3) is 0 Å². The van der Waals surface area contributed by atoms with Gasteiger partial charge in [0.2, 0.25) is 5.91 Å². The molecule has 1 aromatic heterocycles. The predicted molar refractivity (Wildman–Crippen MR) is 104 cm³/mol. The zero-order valence-electron chi connectivity index (χ0n) is 14.5. The Morgan fingerprint density at radius 2 is 2.08 bits per heavy atom. The van der Waals surface area contributed by atoms with Gasteiger partial charge in [-0.3, -0.25) is 4.79 Å². The van der Waals surface area contributed by atoms with Gasteiger partial charge in [0, 0.05) is 17.5 Å². The van der Waals surface area contributed by atoms with E-state index in [4.69, 9.17) is 0 Å². The zero-order valence-corrected chi connectivity index (χ0v) is 16.9. The third kappa shape index (κ3) is 4.84. The van der Waals surface area contributed by atoms with Crippen molar-refractivity contribution in [1.29, 1.82) is 0 Å². The van der Waals surface area contributed by atoms with Crippen molar-refractivity contribution in [2.24, 2.45) is 11.8 Å². The fourth-order valence-electron chi connectivity index (χ4n) is 3.69. The summed E-state index contributed by atoms with van der Waals surface area (Å²) in [6.07, 6.45) is 6.30. The summed E-state index contributed by atoms with van der Waals surface area (Å²) in [5.41, 5.74) is 0.896. The number of halogens is 2. The highest BCUT2D eigenvalue weighted by molar-refractivity contribution is 7.09. The molecule has 1 aliphatic carbocycles. The molecule has 24 heavy (non-hydrogen) atoms. The van der Waals surface area contributed by atoms with Crippen LogP contribution in [0.4, 0.5) is 0 Å². The number of hydrogen-bond donors (Lipinski definition) is 2. The number of carbonyl (C=O) groups is 1.